The van der Waals surface area contributed by atoms with Gasteiger partial charge in [-0.05, 0) is 37.1 Å². The van der Waals surface area contributed by atoms with Gasteiger partial charge in [0.2, 0.25) is 0 Å². The number of rotatable bonds is 2. The predicted octanol–water partition coefficient (Wildman–Crippen LogP) is 2.40. The summed E-state index contributed by atoms with van der Waals surface area (Å²) in [5, 5.41) is 13.2. The molecule has 88 valence electrons. The lowest BCUT2D eigenvalue weighted by Crippen LogP contribution is -2.04. The number of nitrogens with zero attached hydrogens (tertiary/aromatic N) is 2. The Labute approximate surface area is 99.5 Å². The van der Waals surface area contributed by atoms with Crippen LogP contribution in [0.2, 0.25) is 0 Å². The van der Waals surface area contributed by atoms with Crippen LogP contribution in [-0.2, 0) is 7.05 Å². The molecule has 0 spiro atoms. The van der Waals surface area contributed by atoms with Crippen molar-refractivity contribution in [3.63, 3.8) is 0 Å². The fraction of sp³-hybridized carbons (Fsp3) is 0.231. The quantitative estimate of drug-likeness (QED) is 0.861. The number of carbonyl (C=O) groups is 1. The Morgan fingerprint density at radius 2 is 1.94 bits per heavy atom. The molecule has 1 aromatic heterocycles. The smallest absolute Gasteiger partial charge is 0.354 e. The van der Waals surface area contributed by atoms with Gasteiger partial charge in [-0.3, -0.25) is 4.68 Å². The minimum absolute atomic E-state index is 0.193. The van der Waals surface area contributed by atoms with Crippen LogP contribution < -0.4 is 0 Å². The Bertz CT molecular complexity index is 585. The van der Waals surface area contributed by atoms with E-state index in [0.29, 0.717) is 5.69 Å². The first-order valence-corrected chi connectivity index (χ1v) is 5.34. The summed E-state index contributed by atoms with van der Waals surface area (Å²) in [5.74, 6) is -0.963. The second-order valence-electron chi connectivity index (χ2n) is 4.14. The highest BCUT2D eigenvalue weighted by Gasteiger charge is 2.12. The van der Waals surface area contributed by atoms with Gasteiger partial charge in [0, 0.05) is 12.6 Å². The zero-order chi connectivity index (χ0) is 12.6. The number of carboxylic acid groups (broad SMARTS) is 1. The molecule has 1 heterocycles. The van der Waals surface area contributed by atoms with Gasteiger partial charge in [-0.15, -0.1) is 0 Å². The maximum atomic E-state index is 10.9. The fourth-order valence-electron chi connectivity index (χ4n) is 1.71. The van der Waals surface area contributed by atoms with Gasteiger partial charge in [-0.1, -0.05) is 12.1 Å². The summed E-state index contributed by atoms with van der Waals surface area (Å²) in [4.78, 5) is 10.9. The number of hydrogen-bond donors (Lipinski definition) is 1. The normalized spacial score (nSPS) is 10.5. The number of benzene rings is 1. The molecule has 0 fully saturated rings. The maximum absolute atomic E-state index is 10.9. The van der Waals surface area contributed by atoms with E-state index < -0.39 is 5.97 Å². The van der Waals surface area contributed by atoms with E-state index in [1.165, 1.54) is 15.8 Å². The SMILES string of the molecule is Cc1ccc(-c2cc(C(=O)O)n(C)n2)cc1C. The van der Waals surface area contributed by atoms with Crippen molar-refractivity contribution in [1.82, 2.24) is 9.78 Å². The van der Waals surface area contributed by atoms with E-state index in [1.807, 2.05) is 32.0 Å². The molecule has 0 aliphatic heterocycles. The Balaban J connectivity index is 2.50. The molecule has 0 aliphatic rings. The van der Waals surface area contributed by atoms with Crippen molar-refractivity contribution in [2.45, 2.75) is 13.8 Å². The third kappa shape index (κ3) is 2.06. The van der Waals surface area contributed by atoms with Crippen molar-refractivity contribution in [2.24, 2.45) is 7.05 Å². The van der Waals surface area contributed by atoms with E-state index in [-0.39, 0.29) is 5.69 Å². The highest BCUT2D eigenvalue weighted by molar-refractivity contribution is 5.87. The standard InChI is InChI=1S/C13H14N2O2/c1-8-4-5-10(6-9(8)2)11-7-12(13(16)17)15(3)14-11/h4-7H,1-3H3,(H,16,17). The summed E-state index contributed by atoms with van der Waals surface area (Å²) in [6.45, 7) is 4.07. The third-order valence-corrected chi connectivity index (χ3v) is 2.90. The summed E-state index contributed by atoms with van der Waals surface area (Å²) >= 11 is 0. The third-order valence-electron chi connectivity index (χ3n) is 2.90. The molecule has 2 aromatic rings. The van der Waals surface area contributed by atoms with Gasteiger partial charge in [0.1, 0.15) is 5.69 Å². The lowest BCUT2D eigenvalue weighted by Gasteiger charge is -2.02. The van der Waals surface area contributed by atoms with Crippen LogP contribution >= 0.6 is 0 Å². The number of carboxylic acids is 1. The molecule has 0 bridgehead atoms. The van der Waals surface area contributed by atoms with Gasteiger partial charge in [0.15, 0.2) is 0 Å². The van der Waals surface area contributed by atoms with Gasteiger partial charge < -0.3 is 5.11 Å². The van der Waals surface area contributed by atoms with Crippen LogP contribution in [0.1, 0.15) is 21.6 Å². The molecule has 0 aliphatic carbocycles. The van der Waals surface area contributed by atoms with E-state index in [4.69, 9.17) is 5.11 Å². The largest absolute Gasteiger partial charge is 0.477 e. The monoisotopic (exact) mass is 230 g/mol. The molecule has 0 saturated heterocycles. The second-order valence-corrected chi connectivity index (χ2v) is 4.14. The summed E-state index contributed by atoms with van der Waals surface area (Å²) in [6.07, 6.45) is 0. The Morgan fingerprint density at radius 3 is 2.47 bits per heavy atom. The first-order chi connectivity index (χ1) is 7.99. The number of hydrogen-bond acceptors (Lipinski definition) is 2. The van der Waals surface area contributed by atoms with Crippen LogP contribution in [0.5, 0.6) is 0 Å². The van der Waals surface area contributed by atoms with Gasteiger partial charge in [-0.2, -0.15) is 5.10 Å². The molecule has 0 unspecified atom stereocenters. The van der Waals surface area contributed by atoms with Gasteiger partial charge in [0.05, 0.1) is 5.69 Å². The van der Waals surface area contributed by atoms with E-state index in [1.54, 1.807) is 13.1 Å². The first-order valence-electron chi connectivity index (χ1n) is 5.34. The first kappa shape index (κ1) is 11.4. The lowest BCUT2D eigenvalue weighted by atomic mass is 10.0. The zero-order valence-corrected chi connectivity index (χ0v) is 10.1. The maximum Gasteiger partial charge on any atom is 0.354 e. The predicted molar refractivity (Wildman–Crippen MR) is 65.1 cm³/mol. The van der Waals surface area contributed by atoms with Gasteiger partial charge in [0.25, 0.3) is 0 Å². The Hall–Kier alpha value is -2.10. The van der Waals surface area contributed by atoms with Crippen molar-refractivity contribution < 1.29 is 9.90 Å². The van der Waals surface area contributed by atoms with Crippen molar-refractivity contribution >= 4 is 5.97 Å². The minimum atomic E-state index is -0.963. The molecule has 4 heteroatoms. The van der Waals surface area contributed by atoms with E-state index in [2.05, 4.69) is 5.10 Å². The molecule has 1 N–H and O–H groups in total. The molecule has 0 radical (unpaired) electrons. The molecule has 2 rings (SSSR count). The zero-order valence-electron chi connectivity index (χ0n) is 10.1. The topological polar surface area (TPSA) is 55.1 Å². The summed E-state index contributed by atoms with van der Waals surface area (Å²) < 4.78 is 1.38. The summed E-state index contributed by atoms with van der Waals surface area (Å²) in [5.41, 5.74) is 4.20. The van der Waals surface area contributed by atoms with Crippen LogP contribution in [-0.4, -0.2) is 20.9 Å². The molecule has 17 heavy (non-hydrogen) atoms. The average molecular weight is 230 g/mol. The van der Waals surface area contributed by atoms with Gasteiger partial charge >= 0.3 is 5.97 Å². The highest BCUT2D eigenvalue weighted by atomic mass is 16.4. The Kier molecular flexibility index (Phi) is 2.71. The molecular formula is C13H14N2O2. The van der Waals surface area contributed by atoms with E-state index >= 15 is 0 Å². The van der Waals surface area contributed by atoms with Crippen LogP contribution in [0.25, 0.3) is 11.3 Å². The van der Waals surface area contributed by atoms with Crippen molar-refractivity contribution in [3.8, 4) is 11.3 Å². The van der Waals surface area contributed by atoms with Crippen molar-refractivity contribution in [1.29, 1.82) is 0 Å². The molecular weight excluding hydrogens is 216 g/mol. The van der Waals surface area contributed by atoms with Crippen molar-refractivity contribution in [3.05, 3.63) is 41.1 Å². The Morgan fingerprint density at radius 1 is 1.24 bits per heavy atom. The molecule has 4 nitrogen and oxygen atoms in total. The molecule has 0 saturated carbocycles. The van der Waals surface area contributed by atoms with Gasteiger partial charge in [-0.25, -0.2) is 4.79 Å². The summed E-state index contributed by atoms with van der Waals surface area (Å²) in [6, 6.07) is 7.58. The number of aryl methyl sites for hydroxylation is 3. The molecule has 0 atom stereocenters. The van der Waals surface area contributed by atoms with Crippen molar-refractivity contribution in [2.75, 3.05) is 0 Å². The summed E-state index contributed by atoms with van der Waals surface area (Å²) in [7, 11) is 1.63. The number of aromatic nitrogens is 2. The molecule has 0 amide bonds. The van der Waals surface area contributed by atoms with Crippen LogP contribution in [0.4, 0.5) is 0 Å². The van der Waals surface area contributed by atoms with Crippen LogP contribution in [0.3, 0.4) is 0 Å². The van der Waals surface area contributed by atoms with E-state index in [0.717, 1.165) is 5.56 Å². The average Bonchev–Trinajstić information content (AvgIpc) is 2.64. The van der Waals surface area contributed by atoms with Crippen LogP contribution in [0, 0.1) is 13.8 Å². The number of aromatic carboxylic acids is 1. The van der Waals surface area contributed by atoms with Crippen LogP contribution in [0.15, 0.2) is 24.3 Å². The lowest BCUT2D eigenvalue weighted by molar-refractivity contribution is 0.0685. The minimum Gasteiger partial charge on any atom is -0.477 e. The molecule has 1 aromatic carbocycles. The fourth-order valence-corrected chi connectivity index (χ4v) is 1.71. The second kappa shape index (κ2) is 4.05. The highest BCUT2D eigenvalue weighted by Crippen LogP contribution is 2.21. The van der Waals surface area contributed by atoms with E-state index in [9.17, 15) is 4.79 Å².